The van der Waals surface area contributed by atoms with Crippen LogP contribution in [-0.4, -0.2) is 42.1 Å². The number of aliphatic hydroxyl groups is 1. The molecule has 0 atom stereocenters. The van der Waals surface area contributed by atoms with E-state index < -0.39 is 23.3 Å². The maximum Gasteiger partial charge on any atom is 0.358 e. The lowest BCUT2D eigenvalue weighted by molar-refractivity contribution is 0.0688. The average molecular weight is 511 g/mol. The first-order valence-corrected chi connectivity index (χ1v) is 11.6. The predicted molar refractivity (Wildman–Crippen MR) is 132 cm³/mol. The number of halogens is 1. The number of pyridine rings is 1. The van der Waals surface area contributed by atoms with E-state index >= 15 is 0 Å². The maximum absolute atomic E-state index is 14.9. The van der Waals surface area contributed by atoms with Gasteiger partial charge in [0, 0.05) is 10.4 Å². The van der Waals surface area contributed by atoms with Gasteiger partial charge >= 0.3 is 5.97 Å². The van der Waals surface area contributed by atoms with Gasteiger partial charge in [0.25, 0.3) is 5.91 Å². The first-order chi connectivity index (χ1) is 16.9. The number of rotatable bonds is 8. The summed E-state index contributed by atoms with van der Waals surface area (Å²) < 4.78 is 16.3. The molecule has 0 fully saturated rings. The molecular formula is C24H23FN6O4S. The van der Waals surface area contributed by atoms with Crippen molar-refractivity contribution in [3.05, 3.63) is 76.5 Å². The highest BCUT2D eigenvalue weighted by atomic mass is 32.1. The molecule has 1 amide bonds. The number of nitrogens with two attached hydrogens (primary N) is 1. The van der Waals surface area contributed by atoms with Crippen LogP contribution in [0.2, 0.25) is 0 Å². The minimum Gasteiger partial charge on any atom is -0.476 e. The molecule has 4 aromatic rings. The van der Waals surface area contributed by atoms with E-state index in [0.717, 1.165) is 11.3 Å². The number of carboxylic acids is 1. The summed E-state index contributed by atoms with van der Waals surface area (Å²) in [6.07, 6.45) is 0. The molecule has 0 saturated heterocycles. The Kier molecular flexibility index (Phi) is 6.57. The summed E-state index contributed by atoms with van der Waals surface area (Å²) in [6.45, 7) is 4.91. The number of amides is 1. The molecule has 3 aromatic heterocycles. The lowest BCUT2D eigenvalue weighted by Gasteiger charge is -2.18. The van der Waals surface area contributed by atoms with Gasteiger partial charge in [-0.25, -0.2) is 18.9 Å². The van der Waals surface area contributed by atoms with Crippen LogP contribution in [0.25, 0.3) is 10.4 Å². The second-order valence-electron chi connectivity index (χ2n) is 8.60. The number of nitrogens with zero attached hydrogens (tertiary/aromatic N) is 4. The molecule has 0 aliphatic carbocycles. The van der Waals surface area contributed by atoms with Crippen LogP contribution in [0.1, 0.15) is 51.6 Å². The summed E-state index contributed by atoms with van der Waals surface area (Å²) in [6, 6.07) is 11.1. The van der Waals surface area contributed by atoms with Crippen LogP contribution >= 0.6 is 11.3 Å². The number of carbonyl (C=O) groups is 2. The molecule has 3 heterocycles. The van der Waals surface area contributed by atoms with Crippen LogP contribution in [0.15, 0.2) is 42.5 Å². The first kappa shape index (κ1) is 24.9. The fourth-order valence-corrected chi connectivity index (χ4v) is 4.61. The van der Waals surface area contributed by atoms with Crippen molar-refractivity contribution >= 4 is 34.0 Å². The van der Waals surface area contributed by atoms with Crippen molar-refractivity contribution in [1.82, 2.24) is 20.0 Å². The van der Waals surface area contributed by atoms with Gasteiger partial charge in [-0.2, -0.15) is 0 Å². The standard InChI is InChI=1S/C24H23FN6O4S/c1-12-20(23(33)34)29-30-31(12)11-14-5-4-6-19(27-14)28-22-16(21(26)32)10-18(36-22)15-8-7-13(9-17(15)25)24(2,3)35/h4-10,35H,11H2,1-3H3,(H2,26,32)(H,27,28)(H,33,34). The van der Waals surface area contributed by atoms with Crippen molar-refractivity contribution in [3.63, 3.8) is 0 Å². The van der Waals surface area contributed by atoms with Crippen LogP contribution in [0.4, 0.5) is 15.2 Å². The van der Waals surface area contributed by atoms with E-state index in [1.54, 1.807) is 51.1 Å². The summed E-state index contributed by atoms with van der Waals surface area (Å²) >= 11 is 1.13. The average Bonchev–Trinajstić information content (AvgIpc) is 3.37. The minimum atomic E-state index is -1.20. The number of primary amides is 1. The molecule has 5 N–H and O–H groups in total. The van der Waals surface area contributed by atoms with Crippen molar-refractivity contribution in [3.8, 4) is 10.4 Å². The molecule has 0 aliphatic rings. The number of anilines is 2. The van der Waals surface area contributed by atoms with E-state index in [0.29, 0.717) is 32.6 Å². The molecule has 0 unspecified atom stereocenters. The largest absolute Gasteiger partial charge is 0.476 e. The normalized spacial score (nSPS) is 11.5. The third-order valence-electron chi connectivity index (χ3n) is 5.48. The van der Waals surface area contributed by atoms with E-state index in [-0.39, 0.29) is 23.4 Å². The number of hydrogen-bond donors (Lipinski definition) is 4. The highest BCUT2D eigenvalue weighted by Crippen LogP contribution is 2.38. The summed E-state index contributed by atoms with van der Waals surface area (Å²) in [4.78, 5) is 28.3. The number of benzene rings is 1. The molecule has 36 heavy (non-hydrogen) atoms. The SMILES string of the molecule is Cc1c(C(=O)O)nnn1Cc1cccc(Nc2sc(-c3ccc(C(C)(C)O)cc3F)cc2C(N)=O)n1. The zero-order valence-corrected chi connectivity index (χ0v) is 20.4. The van der Waals surface area contributed by atoms with Crippen LogP contribution in [0, 0.1) is 12.7 Å². The quantitative estimate of drug-likeness (QED) is 0.280. The van der Waals surface area contributed by atoms with Crippen molar-refractivity contribution in [2.45, 2.75) is 32.9 Å². The Morgan fingerprint density at radius 1 is 1.22 bits per heavy atom. The van der Waals surface area contributed by atoms with E-state index in [1.165, 1.54) is 16.8 Å². The molecule has 0 radical (unpaired) electrons. The second-order valence-corrected chi connectivity index (χ2v) is 9.65. The van der Waals surface area contributed by atoms with Gasteiger partial charge in [0.05, 0.1) is 29.1 Å². The minimum absolute atomic E-state index is 0.135. The Bertz CT molecular complexity index is 1470. The van der Waals surface area contributed by atoms with Crippen molar-refractivity contribution < 1.29 is 24.2 Å². The smallest absolute Gasteiger partial charge is 0.358 e. The number of aromatic nitrogens is 4. The lowest BCUT2D eigenvalue weighted by atomic mass is 9.96. The molecule has 0 spiro atoms. The third kappa shape index (κ3) is 5.09. The number of aromatic carboxylic acids is 1. The van der Waals surface area contributed by atoms with Crippen LogP contribution in [0.5, 0.6) is 0 Å². The monoisotopic (exact) mass is 510 g/mol. The molecule has 4 rings (SSSR count). The molecule has 1 aromatic carbocycles. The van der Waals surface area contributed by atoms with Crippen LogP contribution in [0.3, 0.4) is 0 Å². The van der Waals surface area contributed by atoms with Crippen LogP contribution < -0.4 is 11.1 Å². The van der Waals surface area contributed by atoms with Crippen molar-refractivity contribution in [1.29, 1.82) is 0 Å². The van der Waals surface area contributed by atoms with Crippen molar-refractivity contribution in [2.24, 2.45) is 5.73 Å². The van der Waals surface area contributed by atoms with E-state index in [2.05, 4.69) is 20.6 Å². The molecular weight excluding hydrogens is 487 g/mol. The lowest BCUT2D eigenvalue weighted by Crippen LogP contribution is -2.15. The number of carboxylic acid groups (broad SMARTS) is 1. The summed E-state index contributed by atoms with van der Waals surface area (Å²) in [5.41, 5.74) is 6.05. The highest BCUT2D eigenvalue weighted by molar-refractivity contribution is 7.19. The summed E-state index contributed by atoms with van der Waals surface area (Å²) in [5, 5.41) is 30.3. The fourth-order valence-electron chi connectivity index (χ4n) is 3.51. The number of nitrogens with one attached hydrogen (secondary N) is 1. The molecule has 0 bridgehead atoms. The zero-order valence-electron chi connectivity index (χ0n) is 19.6. The fraction of sp³-hybridized carbons (Fsp3) is 0.208. The van der Waals surface area contributed by atoms with E-state index in [4.69, 9.17) is 10.8 Å². The Morgan fingerprint density at radius 3 is 2.58 bits per heavy atom. The molecule has 10 nitrogen and oxygen atoms in total. The Labute approximate surface area is 209 Å². The van der Waals surface area contributed by atoms with Crippen LogP contribution in [-0.2, 0) is 12.1 Å². The van der Waals surface area contributed by atoms with Gasteiger partial charge < -0.3 is 21.3 Å². The Morgan fingerprint density at radius 2 is 1.97 bits per heavy atom. The molecule has 186 valence electrons. The number of hydrogen-bond acceptors (Lipinski definition) is 8. The van der Waals surface area contributed by atoms with Gasteiger partial charge in [-0.05, 0) is 50.6 Å². The predicted octanol–water partition coefficient (Wildman–Crippen LogP) is 3.67. The molecule has 12 heteroatoms. The Balaban J connectivity index is 1.62. The highest BCUT2D eigenvalue weighted by Gasteiger charge is 2.21. The Hall–Kier alpha value is -4.16. The van der Waals surface area contributed by atoms with E-state index in [9.17, 15) is 19.1 Å². The van der Waals surface area contributed by atoms with Gasteiger partial charge in [0.2, 0.25) is 0 Å². The third-order valence-corrected chi connectivity index (χ3v) is 6.57. The maximum atomic E-state index is 14.9. The van der Waals surface area contributed by atoms with Gasteiger partial charge in [-0.15, -0.1) is 16.4 Å². The van der Waals surface area contributed by atoms with E-state index in [1.807, 2.05) is 0 Å². The first-order valence-electron chi connectivity index (χ1n) is 10.8. The second kappa shape index (κ2) is 9.47. The summed E-state index contributed by atoms with van der Waals surface area (Å²) in [7, 11) is 0. The van der Waals surface area contributed by atoms with Gasteiger partial charge in [0.15, 0.2) is 5.69 Å². The van der Waals surface area contributed by atoms with Gasteiger partial charge in [-0.1, -0.05) is 23.4 Å². The zero-order chi connectivity index (χ0) is 26.2. The van der Waals surface area contributed by atoms with Crippen molar-refractivity contribution in [2.75, 3.05) is 5.32 Å². The molecule has 0 aliphatic heterocycles. The van der Waals surface area contributed by atoms with Gasteiger partial charge in [-0.3, -0.25) is 4.79 Å². The summed E-state index contributed by atoms with van der Waals surface area (Å²) in [5.74, 6) is -2.00. The number of carbonyl (C=O) groups excluding carboxylic acids is 1. The van der Waals surface area contributed by atoms with Gasteiger partial charge in [0.1, 0.15) is 16.6 Å². The molecule has 0 saturated carbocycles. The number of thiophene rings is 1. The topological polar surface area (TPSA) is 156 Å².